The van der Waals surface area contributed by atoms with Crippen LogP contribution in [0, 0.1) is 0 Å². The maximum Gasteiger partial charge on any atom is 0.330 e. The van der Waals surface area contributed by atoms with E-state index < -0.39 is 0 Å². The average molecular weight is 319 g/mol. The van der Waals surface area contributed by atoms with Gasteiger partial charge in [0.1, 0.15) is 0 Å². The van der Waals surface area contributed by atoms with Crippen LogP contribution in [0.4, 0.5) is 0 Å². The fourth-order valence-corrected chi connectivity index (χ4v) is 3.13. The van der Waals surface area contributed by atoms with E-state index >= 15 is 0 Å². The van der Waals surface area contributed by atoms with Gasteiger partial charge in [0.25, 0.3) is 0 Å². The number of aromatic nitrogens is 1. The molecule has 0 amide bonds. The maximum atomic E-state index is 11.6. The molecule has 0 saturated heterocycles. The van der Waals surface area contributed by atoms with Gasteiger partial charge in [0.05, 0.1) is 12.8 Å². The minimum Gasteiger partial charge on any atom is -0.466 e. The Morgan fingerprint density at radius 1 is 1.04 bits per heavy atom. The summed E-state index contributed by atoms with van der Waals surface area (Å²) in [6.07, 6.45) is 3.34. The lowest BCUT2D eigenvalue weighted by molar-refractivity contribution is -0.134. The molecule has 3 nitrogen and oxygen atoms in total. The summed E-state index contributed by atoms with van der Waals surface area (Å²) >= 11 is 0. The number of esters is 1. The Kier molecular flexibility index (Phi) is 4.52. The molecule has 0 unspecified atom stereocenters. The lowest BCUT2D eigenvalue weighted by atomic mass is 10.0. The van der Waals surface area contributed by atoms with Gasteiger partial charge in [-0.15, -0.1) is 0 Å². The Labute approximate surface area is 142 Å². The molecule has 0 fully saturated rings. The summed E-state index contributed by atoms with van der Waals surface area (Å²) < 4.78 is 7.02. The molecule has 0 N–H and O–H groups in total. The molecule has 3 heteroatoms. The van der Waals surface area contributed by atoms with E-state index in [0.717, 1.165) is 22.3 Å². The Balaban J connectivity index is 2.35. The van der Waals surface area contributed by atoms with Crippen LogP contribution in [0.5, 0.6) is 0 Å². The van der Waals surface area contributed by atoms with E-state index in [0.29, 0.717) is 0 Å². The second-order valence-electron chi connectivity index (χ2n) is 5.96. The SMILES string of the molecule is COC(=O)/C=C/c1c(-c2ccccc2)c2ccccc2n1C(C)C. The Hall–Kier alpha value is -2.81. The van der Waals surface area contributed by atoms with Gasteiger partial charge in [0, 0.05) is 28.6 Å². The van der Waals surface area contributed by atoms with Crippen LogP contribution in [-0.4, -0.2) is 17.6 Å². The van der Waals surface area contributed by atoms with E-state index in [1.54, 1.807) is 0 Å². The second-order valence-corrected chi connectivity index (χ2v) is 5.96. The number of methoxy groups -OCH3 is 1. The highest BCUT2D eigenvalue weighted by atomic mass is 16.5. The molecule has 0 aliphatic carbocycles. The van der Waals surface area contributed by atoms with Crippen LogP contribution in [0.25, 0.3) is 28.1 Å². The summed E-state index contributed by atoms with van der Waals surface area (Å²) in [5.41, 5.74) is 4.45. The first-order chi connectivity index (χ1) is 11.6. The van der Waals surface area contributed by atoms with Gasteiger partial charge in [0.15, 0.2) is 0 Å². The third-order valence-electron chi connectivity index (χ3n) is 4.11. The van der Waals surface area contributed by atoms with Crippen molar-refractivity contribution >= 4 is 22.9 Å². The number of hydrogen-bond acceptors (Lipinski definition) is 2. The fraction of sp³-hybridized carbons (Fsp3) is 0.190. The molecule has 0 atom stereocenters. The first-order valence-electron chi connectivity index (χ1n) is 8.08. The summed E-state index contributed by atoms with van der Waals surface area (Å²) in [5.74, 6) is -0.352. The van der Waals surface area contributed by atoms with Crippen LogP contribution >= 0.6 is 0 Å². The minimum atomic E-state index is -0.352. The monoisotopic (exact) mass is 319 g/mol. The number of carbonyl (C=O) groups excluding carboxylic acids is 1. The molecule has 0 saturated carbocycles. The van der Waals surface area contributed by atoms with Crippen LogP contribution in [0.3, 0.4) is 0 Å². The van der Waals surface area contributed by atoms with Crippen molar-refractivity contribution in [2.24, 2.45) is 0 Å². The summed E-state index contributed by atoms with van der Waals surface area (Å²) in [4.78, 5) is 11.6. The molecule has 0 spiro atoms. The standard InChI is InChI=1S/C21H21NO2/c1-15(2)22-18-12-8-7-11-17(18)21(16-9-5-4-6-10-16)19(22)13-14-20(23)24-3/h4-15H,1-3H3/b14-13+. The predicted octanol–water partition coefficient (Wildman–Crippen LogP) is 5.08. The molecular formula is C21H21NO2. The molecule has 1 heterocycles. The highest BCUT2D eigenvalue weighted by molar-refractivity contribution is 6.02. The zero-order valence-corrected chi connectivity index (χ0v) is 14.2. The zero-order chi connectivity index (χ0) is 17.1. The molecule has 1 aromatic heterocycles. The smallest absolute Gasteiger partial charge is 0.330 e. The molecule has 0 aliphatic rings. The number of hydrogen-bond donors (Lipinski definition) is 0. The lowest BCUT2D eigenvalue weighted by Gasteiger charge is -2.13. The van der Waals surface area contributed by atoms with Crippen molar-refractivity contribution < 1.29 is 9.53 Å². The average Bonchev–Trinajstić information content (AvgIpc) is 2.94. The summed E-state index contributed by atoms with van der Waals surface area (Å²) in [6, 6.07) is 18.9. The molecule has 0 aliphatic heterocycles. The number of fused-ring (bicyclic) bond motifs is 1. The highest BCUT2D eigenvalue weighted by Crippen LogP contribution is 2.37. The van der Waals surface area contributed by atoms with E-state index in [1.807, 2.05) is 36.4 Å². The van der Waals surface area contributed by atoms with Gasteiger partial charge < -0.3 is 9.30 Å². The van der Waals surface area contributed by atoms with Crippen molar-refractivity contribution in [3.8, 4) is 11.1 Å². The van der Waals surface area contributed by atoms with Crippen LogP contribution < -0.4 is 0 Å². The molecule has 122 valence electrons. The second kappa shape index (κ2) is 6.75. The summed E-state index contributed by atoms with van der Waals surface area (Å²) in [6.45, 7) is 4.30. The van der Waals surface area contributed by atoms with Gasteiger partial charge in [-0.1, -0.05) is 48.5 Å². The van der Waals surface area contributed by atoms with E-state index in [-0.39, 0.29) is 12.0 Å². The van der Waals surface area contributed by atoms with Crippen molar-refractivity contribution in [2.45, 2.75) is 19.9 Å². The number of para-hydroxylation sites is 1. The van der Waals surface area contributed by atoms with Crippen LogP contribution in [0.2, 0.25) is 0 Å². The Morgan fingerprint density at radius 3 is 2.38 bits per heavy atom. The van der Waals surface area contributed by atoms with Gasteiger partial charge in [-0.05, 0) is 31.6 Å². The van der Waals surface area contributed by atoms with E-state index in [2.05, 4.69) is 42.7 Å². The molecular weight excluding hydrogens is 298 g/mol. The largest absolute Gasteiger partial charge is 0.466 e. The van der Waals surface area contributed by atoms with Gasteiger partial charge in [-0.25, -0.2) is 4.79 Å². The first-order valence-corrected chi connectivity index (χ1v) is 8.08. The predicted molar refractivity (Wildman–Crippen MR) is 98.8 cm³/mol. The van der Waals surface area contributed by atoms with Crippen molar-refractivity contribution in [2.75, 3.05) is 7.11 Å². The number of benzene rings is 2. The Bertz CT molecular complexity index is 889. The van der Waals surface area contributed by atoms with Gasteiger partial charge >= 0.3 is 5.97 Å². The molecule has 0 radical (unpaired) electrons. The quantitative estimate of drug-likeness (QED) is 0.496. The molecule has 3 rings (SSSR count). The van der Waals surface area contributed by atoms with E-state index in [9.17, 15) is 4.79 Å². The van der Waals surface area contributed by atoms with E-state index in [1.165, 1.54) is 18.6 Å². The summed E-state index contributed by atoms with van der Waals surface area (Å²) in [7, 11) is 1.39. The topological polar surface area (TPSA) is 31.2 Å². The lowest BCUT2D eigenvalue weighted by Crippen LogP contribution is -2.03. The highest BCUT2D eigenvalue weighted by Gasteiger charge is 2.18. The van der Waals surface area contributed by atoms with Gasteiger partial charge in [0.2, 0.25) is 0 Å². The van der Waals surface area contributed by atoms with Crippen molar-refractivity contribution in [1.82, 2.24) is 4.57 Å². The number of ether oxygens (including phenoxy) is 1. The number of rotatable bonds is 4. The molecule has 24 heavy (non-hydrogen) atoms. The summed E-state index contributed by atoms with van der Waals surface area (Å²) in [5, 5.41) is 1.18. The van der Waals surface area contributed by atoms with E-state index in [4.69, 9.17) is 4.74 Å². The fourth-order valence-electron chi connectivity index (χ4n) is 3.13. The van der Waals surface area contributed by atoms with Crippen LogP contribution in [-0.2, 0) is 9.53 Å². The van der Waals surface area contributed by atoms with Crippen molar-refractivity contribution in [1.29, 1.82) is 0 Å². The third kappa shape index (κ3) is 2.85. The minimum absolute atomic E-state index is 0.268. The van der Waals surface area contributed by atoms with Gasteiger partial charge in [-0.2, -0.15) is 0 Å². The molecule has 0 bridgehead atoms. The maximum absolute atomic E-state index is 11.6. The number of nitrogens with zero attached hydrogens (tertiary/aromatic N) is 1. The van der Waals surface area contributed by atoms with Crippen LogP contribution in [0.1, 0.15) is 25.6 Å². The van der Waals surface area contributed by atoms with Crippen LogP contribution in [0.15, 0.2) is 60.7 Å². The first kappa shape index (κ1) is 16.1. The third-order valence-corrected chi connectivity index (χ3v) is 4.11. The van der Waals surface area contributed by atoms with Crippen molar-refractivity contribution in [3.63, 3.8) is 0 Å². The zero-order valence-electron chi connectivity index (χ0n) is 14.2. The Morgan fingerprint density at radius 2 is 1.71 bits per heavy atom. The van der Waals surface area contributed by atoms with Crippen molar-refractivity contribution in [3.05, 3.63) is 66.4 Å². The number of carbonyl (C=O) groups is 1. The normalized spacial score (nSPS) is 11.5. The molecule has 3 aromatic rings. The van der Waals surface area contributed by atoms with Gasteiger partial charge in [-0.3, -0.25) is 0 Å². The molecule has 2 aromatic carbocycles.